The summed E-state index contributed by atoms with van der Waals surface area (Å²) in [5.74, 6) is -1.03. The first-order chi connectivity index (χ1) is 9.50. The van der Waals surface area contributed by atoms with Crippen molar-refractivity contribution in [3.63, 3.8) is 0 Å². The zero-order chi connectivity index (χ0) is 14.7. The van der Waals surface area contributed by atoms with E-state index in [1.54, 1.807) is 29.8 Å². The number of nitro groups is 1. The van der Waals surface area contributed by atoms with Crippen molar-refractivity contribution in [1.82, 2.24) is 9.78 Å². The summed E-state index contributed by atoms with van der Waals surface area (Å²) in [6, 6.07) is 6.49. The molecule has 0 amide bonds. The second kappa shape index (κ2) is 5.52. The van der Waals surface area contributed by atoms with Gasteiger partial charge in [0, 0.05) is 23.9 Å². The summed E-state index contributed by atoms with van der Waals surface area (Å²) >= 11 is 0. The highest BCUT2D eigenvalue weighted by Gasteiger charge is 2.15. The minimum Gasteiger partial charge on any atom is -0.478 e. The first-order valence-corrected chi connectivity index (χ1v) is 5.98. The number of aromatic carboxylic acids is 1. The molecule has 7 nitrogen and oxygen atoms in total. The molecule has 2 aromatic rings. The lowest BCUT2D eigenvalue weighted by atomic mass is 10.1. The van der Waals surface area contributed by atoms with Crippen LogP contribution in [0.15, 0.2) is 30.5 Å². The second-order valence-corrected chi connectivity index (χ2v) is 4.31. The van der Waals surface area contributed by atoms with Gasteiger partial charge in [0.25, 0.3) is 5.69 Å². The first-order valence-electron chi connectivity index (χ1n) is 5.98. The van der Waals surface area contributed by atoms with E-state index in [4.69, 9.17) is 5.11 Å². The number of hydrogen-bond acceptors (Lipinski definition) is 4. The van der Waals surface area contributed by atoms with Crippen molar-refractivity contribution in [1.29, 1.82) is 0 Å². The van der Waals surface area contributed by atoms with Crippen molar-refractivity contribution in [2.45, 2.75) is 19.9 Å². The van der Waals surface area contributed by atoms with Crippen LogP contribution >= 0.6 is 0 Å². The van der Waals surface area contributed by atoms with Crippen molar-refractivity contribution < 1.29 is 14.8 Å². The Kier molecular flexibility index (Phi) is 3.79. The summed E-state index contributed by atoms with van der Waals surface area (Å²) in [7, 11) is 0. The number of nitrogens with zero attached hydrogens (tertiary/aromatic N) is 3. The van der Waals surface area contributed by atoms with Crippen LogP contribution in [0.1, 0.15) is 21.6 Å². The Balaban J connectivity index is 2.17. The van der Waals surface area contributed by atoms with E-state index in [-0.39, 0.29) is 11.3 Å². The van der Waals surface area contributed by atoms with Gasteiger partial charge >= 0.3 is 5.97 Å². The number of carboxylic acids is 1. The van der Waals surface area contributed by atoms with E-state index >= 15 is 0 Å². The lowest BCUT2D eigenvalue weighted by Gasteiger charge is -2.05. The van der Waals surface area contributed by atoms with Gasteiger partial charge in [0.2, 0.25) is 0 Å². The van der Waals surface area contributed by atoms with Crippen LogP contribution in [0.4, 0.5) is 5.69 Å². The normalized spacial score (nSPS) is 10.4. The fourth-order valence-electron chi connectivity index (χ4n) is 2.01. The average Bonchev–Trinajstić information content (AvgIpc) is 2.78. The third kappa shape index (κ3) is 2.66. The van der Waals surface area contributed by atoms with E-state index in [0.717, 1.165) is 0 Å². The second-order valence-electron chi connectivity index (χ2n) is 4.31. The molecule has 2 rings (SSSR count). The van der Waals surface area contributed by atoms with Crippen LogP contribution in [-0.4, -0.2) is 25.8 Å². The summed E-state index contributed by atoms with van der Waals surface area (Å²) in [5.41, 5.74) is 1.35. The van der Waals surface area contributed by atoms with E-state index < -0.39 is 10.9 Å². The van der Waals surface area contributed by atoms with Crippen molar-refractivity contribution in [2.24, 2.45) is 0 Å². The third-order valence-electron chi connectivity index (χ3n) is 3.11. The zero-order valence-electron chi connectivity index (χ0n) is 10.8. The predicted molar refractivity (Wildman–Crippen MR) is 70.7 cm³/mol. The fraction of sp³-hybridized carbons (Fsp3) is 0.231. The number of carbonyl (C=O) groups is 1. The highest BCUT2D eigenvalue weighted by Crippen LogP contribution is 2.19. The minimum atomic E-state index is -1.03. The van der Waals surface area contributed by atoms with Gasteiger partial charge in [-0.3, -0.25) is 14.8 Å². The Bertz CT molecular complexity index is 663. The maximum Gasteiger partial charge on any atom is 0.339 e. The molecule has 1 aromatic carbocycles. The van der Waals surface area contributed by atoms with Gasteiger partial charge in [-0.15, -0.1) is 0 Å². The molecule has 0 saturated heterocycles. The molecule has 20 heavy (non-hydrogen) atoms. The number of benzene rings is 1. The first kappa shape index (κ1) is 13.7. The average molecular weight is 275 g/mol. The standard InChI is InChI=1S/C13H13N3O4/c1-9-11(13(17)18)8-14-15(9)7-6-10-4-2-3-5-12(10)16(19)20/h2-5,8H,6-7H2,1H3,(H,17,18). The summed E-state index contributed by atoms with van der Waals surface area (Å²) < 4.78 is 1.54. The monoisotopic (exact) mass is 275 g/mol. The highest BCUT2D eigenvalue weighted by atomic mass is 16.6. The number of hydrogen-bond donors (Lipinski definition) is 1. The molecule has 0 saturated carbocycles. The summed E-state index contributed by atoms with van der Waals surface area (Å²) in [4.78, 5) is 21.4. The SMILES string of the molecule is Cc1c(C(=O)O)cnn1CCc1ccccc1[N+](=O)[O-]. The molecule has 0 aliphatic heterocycles. The van der Waals surface area contributed by atoms with Gasteiger partial charge in [0.1, 0.15) is 5.56 Å². The fourth-order valence-corrected chi connectivity index (χ4v) is 2.01. The van der Waals surface area contributed by atoms with Gasteiger partial charge < -0.3 is 5.11 Å². The van der Waals surface area contributed by atoms with Crippen molar-refractivity contribution in [3.8, 4) is 0 Å². The Labute approximate surface area is 114 Å². The zero-order valence-corrected chi connectivity index (χ0v) is 10.8. The third-order valence-corrected chi connectivity index (χ3v) is 3.11. The molecule has 7 heteroatoms. The van der Waals surface area contributed by atoms with Crippen LogP contribution in [-0.2, 0) is 13.0 Å². The number of rotatable bonds is 5. The van der Waals surface area contributed by atoms with Crippen molar-refractivity contribution >= 4 is 11.7 Å². The molecule has 104 valence electrons. The highest BCUT2D eigenvalue weighted by molar-refractivity contribution is 5.88. The molecule has 0 unspecified atom stereocenters. The van der Waals surface area contributed by atoms with Gasteiger partial charge in [-0.05, 0) is 13.3 Å². The molecule has 0 radical (unpaired) electrons. The lowest BCUT2D eigenvalue weighted by Crippen LogP contribution is -2.08. The van der Waals surface area contributed by atoms with E-state index in [0.29, 0.717) is 24.2 Å². The molecule has 1 aromatic heterocycles. The van der Waals surface area contributed by atoms with Crippen LogP contribution in [0.25, 0.3) is 0 Å². The van der Waals surface area contributed by atoms with Gasteiger partial charge in [0.05, 0.1) is 11.1 Å². The number of aromatic nitrogens is 2. The molecule has 0 aliphatic carbocycles. The maximum atomic E-state index is 10.9. The Hall–Kier alpha value is -2.70. The van der Waals surface area contributed by atoms with E-state index in [1.807, 2.05) is 0 Å². The quantitative estimate of drug-likeness (QED) is 0.665. The van der Waals surface area contributed by atoms with Crippen LogP contribution in [0.2, 0.25) is 0 Å². The van der Waals surface area contributed by atoms with Crippen molar-refractivity contribution in [2.75, 3.05) is 0 Å². The van der Waals surface area contributed by atoms with E-state index in [1.165, 1.54) is 12.3 Å². The largest absolute Gasteiger partial charge is 0.478 e. The number of para-hydroxylation sites is 1. The topological polar surface area (TPSA) is 98.3 Å². The molecule has 1 heterocycles. The number of carboxylic acid groups (broad SMARTS) is 1. The van der Waals surface area contributed by atoms with Gasteiger partial charge in [0.15, 0.2) is 0 Å². The van der Waals surface area contributed by atoms with Crippen LogP contribution in [0.5, 0.6) is 0 Å². The molecule has 0 bridgehead atoms. The molecule has 0 atom stereocenters. The smallest absolute Gasteiger partial charge is 0.339 e. The predicted octanol–water partition coefficient (Wildman–Crippen LogP) is 2.04. The molecule has 0 fully saturated rings. The van der Waals surface area contributed by atoms with E-state index in [9.17, 15) is 14.9 Å². The molecular weight excluding hydrogens is 262 g/mol. The van der Waals surface area contributed by atoms with Crippen LogP contribution in [0.3, 0.4) is 0 Å². The van der Waals surface area contributed by atoms with Crippen molar-refractivity contribution in [3.05, 3.63) is 57.4 Å². The summed E-state index contributed by atoms with van der Waals surface area (Å²) in [5, 5.41) is 23.8. The minimum absolute atomic E-state index is 0.0655. The Morgan fingerprint density at radius 1 is 1.45 bits per heavy atom. The summed E-state index contributed by atoms with van der Waals surface area (Å²) in [6.45, 7) is 2.06. The Morgan fingerprint density at radius 2 is 2.15 bits per heavy atom. The van der Waals surface area contributed by atoms with Gasteiger partial charge in [-0.1, -0.05) is 18.2 Å². The van der Waals surface area contributed by atoms with Crippen LogP contribution < -0.4 is 0 Å². The Morgan fingerprint density at radius 3 is 2.75 bits per heavy atom. The number of nitro benzene ring substituents is 1. The molecule has 0 aliphatic rings. The summed E-state index contributed by atoms with van der Waals surface area (Å²) in [6.07, 6.45) is 1.70. The maximum absolute atomic E-state index is 10.9. The lowest BCUT2D eigenvalue weighted by molar-refractivity contribution is -0.385. The van der Waals surface area contributed by atoms with Gasteiger partial charge in [-0.2, -0.15) is 5.10 Å². The van der Waals surface area contributed by atoms with Gasteiger partial charge in [-0.25, -0.2) is 4.79 Å². The molecular formula is C13H13N3O4. The van der Waals surface area contributed by atoms with E-state index in [2.05, 4.69) is 5.10 Å². The van der Waals surface area contributed by atoms with Crippen LogP contribution in [0, 0.1) is 17.0 Å². The number of aryl methyl sites for hydroxylation is 2. The molecule has 0 spiro atoms. The molecule has 1 N–H and O–H groups in total.